The first-order valence-electron chi connectivity index (χ1n) is 5.60. The summed E-state index contributed by atoms with van der Waals surface area (Å²) >= 11 is 10.8. The van der Waals surface area contributed by atoms with Crippen molar-refractivity contribution in [3.8, 4) is 0 Å². The fraction of sp³-hybridized carbons (Fsp3) is 0.154. The topological polar surface area (TPSA) is 40.6 Å². The lowest BCUT2D eigenvalue weighted by atomic mass is 10.1. The second kappa shape index (κ2) is 5.30. The van der Waals surface area contributed by atoms with Gasteiger partial charge >= 0.3 is 0 Å². The van der Waals surface area contributed by atoms with Crippen molar-refractivity contribution in [2.45, 2.75) is 0 Å². The van der Waals surface area contributed by atoms with E-state index in [1.54, 1.807) is 0 Å². The van der Waals surface area contributed by atoms with Crippen molar-refractivity contribution in [1.82, 2.24) is 9.80 Å². The molecule has 0 N–H and O–H groups in total. The summed E-state index contributed by atoms with van der Waals surface area (Å²) in [4.78, 5) is 26.5. The van der Waals surface area contributed by atoms with Crippen LogP contribution in [0.25, 0.3) is 6.08 Å². The molecule has 0 bridgehead atoms. The fourth-order valence-electron chi connectivity index (χ4n) is 1.77. The molecule has 4 nitrogen and oxygen atoms in total. The Morgan fingerprint density at radius 3 is 2.25 bits per heavy atom. The molecule has 1 saturated heterocycles. The molecule has 1 heterocycles. The first kappa shape index (κ1) is 14.6. The van der Waals surface area contributed by atoms with Crippen LogP contribution < -0.4 is 0 Å². The van der Waals surface area contributed by atoms with Gasteiger partial charge in [0.15, 0.2) is 5.11 Å². The highest BCUT2D eigenvalue weighted by molar-refractivity contribution is 7.80. The molecule has 1 aromatic rings. The SMILES string of the molecule is CN1C(=O)C(=Cc2c(F)cccc2Cl)C(=O)N(C)C1=S. The molecule has 0 radical (unpaired) electrons. The quantitative estimate of drug-likeness (QED) is 0.453. The van der Waals surface area contributed by atoms with Gasteiger partial charge in [-0.3, -0.25) is 19.4 Å². The number of nitrogens with zero attached hydrogens (tertiary/aromatic N) is 2. The van der Waals surface area contributed by atoms with Crippen molar-refractivity contribution in [2.24, 2.45) is 0 Å². The molecular formula is C13H10ClFN2O2S. The molecule has 104 valence electrons. The number of hydrogen-bond acceptors (Lipinski definition) is 3. The van der Waals surface area contributed by atoms with Crippen molar-refractivity contribution in [3.63, 3.8) is 0 Å². The largest absolute Gasteiger partial charge is 0.288 e. The zero-order valence-electron chi connectivity index (χ0n) is 10.7. The van der Waals surface area contributed by atoms with E-state index in [4.69, 9.17) is 23.8 Å². The minimum absolute atomic E-state index is 0.000449. The van der Waals surface area contributed by atoms with Crippen molar-refractivity contribution in [2.75, 3.05) is 14.1 Å². The molecular weight excluding hydrogens is 303 g/mol. The summed E-state index contributed by atoms with van der Waals surface area (Å²) in [6.07, 6.45) is 1.15. The maximum absolute atomic E-state index is 13.7. The van der Waals surface area contributed by atoms with Crippen LogP contribution in [0.3, 0.4) is 0 Å². The Bertz CT molecular complexity index is 614. The van der Waals surface area contributed by atoms with Crippen LogP contribution in [-0.4, -0.2) is 40.8 Å². The molecule has 0 aromatic heterocycles. The van der Waals surface area contributed by atoms with Gasteiger partial charge in [-0.05, 0) is 30.4 Å². The number of halogens is 2. The van der Waals surface area contributed by atoms with Crippen LogP contribution in [-0.2, 0) is 9.59 Å². The highest BCUT2D eigenvalue weighted by Gasteiger charge is 2.35. The Hall–Kier alpha value is -1.79. The lowest BCUT2D eigenvalue weighted by Crippen LogP contribution is -2.52. The molecule has 1 aliphatic heterocycles. The Morgan fingerprint density at radius 1 is 1.20 bits per heavy atom. The van der Waals surface area contributed by atoms with Gasteiger partial charge in [-0.15, -0.1) is 0 Å². The molecule has 0 unspecified atom stereocenters. The summed E-state index contributed by atoms with van der Waals surface area (Å²) in [5.74, 6) is -1.78. The Kier molecular flexibility index (Phi) is 3.87. The zero-order chi connectivity index (χ0) is 15.0. The molecule has 20 heavy (non-hydrogen) atoms. The summed E-state index contributed by atoms with van der Waals surface area (Å²) in [7, 11) is 2.90. The average molecular weight is 313 g/mol. The van der Waals surface area contributed by atoms with Crippen molar-refractivity contribution in [3.05, 3.63) is 40.2 Å². The van der Waals surface area contributed by atoms with E-state index in [0.29, 0.717) is 0 Å². The summed E-state index contributed by atoms with van der Waals surface area (Å²) in [5.41, 5.74) is -0.184. The highest BCUT2D eigenvalue weighted by Crippen LogP contribution is 2.24. The van der Waals surface area contributed by atoms with Gasteiger partial charge in [-0.2, -0.15) is 0 Å². The van der Waals surface area contributed by atoms with Crippen molar-refractivity contribution >= 4 is 46.8 Å². The number of likely N-dealkylation sites (N-methyl/N-ethyl adjacent to an activating group) is 2. The van der Waals surface area contributed by atoms with E-state index in [9.17, 15) is 14.0 Å². The van der Waals surface area contributed by atoms with E-state index >= 15 is 0 Å². The maximum atomic E-state index is 13.7. The second-order valence-electron chi connectivity index (χ2n) is 4.20. The zero-order valence-corrected chi connectivity index (χ0v) is 12.3. The first-order valence-corrected chi connectivity index (χ1v) is 6.39. The standard InChI is InChI=1S/C13H10ClFN2O2S/c1-16-11(18)8(12(19)17(2)13(16)20)6-7-9(14)4-3-5-10(7)15/h3-6H,1-2H3. The molecule has 0 atom stereocenters. The monoisotopic (exact) mass is 312 g/mol. The molecule has 7 heteroatoms. The number of amides is 2. The normalized spacial score (nSPS) is 16.0. The van der Waals surface area contributed by atoms with Crippen LogP contribution in [0.2, 0.25) is 5.02 Å². The number of carbonyl (C=O) groups excluding carboxylic acids is 2. The van der Waals surface area contributed by atoms with E-state index in [1.165, 1.54) is 32.3 Å². The third-order valence-corrected chi connectivity index (χ3v) is 3.81. The van der Waals surface area contributed by atoms with E-state index in [2.05, 4.69) is 0 Å². The van der Waals surface area contributed by atoms with Gasteiger partial charge in [0.2, 0.25) is 0 Å². The van der Waals surface area contributed by atoms with E-state index in [-0.39, 0.29) is 21.3 Å². The van der Waals surface area contributed by atoms with E-state index in [0.717, 1.165) is 15.9 Å². The molecule has 0 saturated carbocycles. The average Bonchev–Trinajstić information content (AvgIpc) is 2.42. The first-order chi connectivity index (χ1) is 9.34. The van der Waals surface area contributed by atoms with Gasteiger partial charge in [-0.1, -0.05) is 17.7 Å². The smallest absolute Gasteiger partial charge is 0.265 e. The lowest BCUT2D eigenvalue weighted by molar-refractivity contribution is -0.132. The van der Waals surface area contributed by atoms with Gasteiger partial charge in [0.1, 0.15) is 11.4 Å². The maximum Gasteiger partial charge on any atom is 0.265 e. The predicted octanol–water partition coefficient (Wildman–Crippen LogP) is 2.08. The number of carbonyl (C=O) groups is 2. The molecule has 2 rings (SSSR count). The van der Waals surface area contributed by atoms with Crippen molar-refractivity contribution < 1.29 is 14.0 Å². The van der Waals surface area contributed by atoms with Gasteiger partial charge in [0.05, 0.1) is 5.02 Å². The second-order valence-corrected chi connectivity index (χ2v) is 4.98. The molecule has 0 spiro atoms. The summed E-state index contributed by atoms with van der Waals surface area (Å²) in [5, 5.41) is 0.216. The molecule has 1 fully saturated rings. The Morgan fingerprint density at radius 2 is 1.75 bits per heavy atom. The summed E-state index contributed by atoms with van der Waals surface area (Å²) in [6, 6.07) is 4.12. The predicted molar refractivity (Wildman–Crippen MR) is 77.5 cm³/mol. The van der Waals surface area contributed by atoms with Crippen LogP contribution in [0, 0.1) is 5.82 Å². The molecule has 2 amide bonds. The van der Waals surface area contributed by atoms with Crippen LogP contribution in [0.15, 0.2) is 23.8 Å². The Labute approximate surface area is 125 Å². The van der Waals surface area contributed by atoms with Gasteiger partial charge in [0, 0.05) is 19.7 Å². The minimum atomic E-state index is -0.607. The number of rotatable bonds is 1. The van der Waals surface area contributed by atoms with Crippen LogP contribution >= 0.6 is 23.8 Å². The summed E-state index contributed by atoms with van der Waals surface area (Å²) < 4.78 is 13.7. The Balaban J connectivity index is 2.55. The van der Waals surface area contributed by atoms with Crippen molar-refractivity contribution in [1.29, 1.82) is 0 Å². The van der Waals surface area contributed by atoms with Crippen LogP contribution in [0.1, 0.15) is 5.56 Å². The fourth-order valence-corrected chi connectivity index (χ4v) is 2.15. The molecule has 1 aliphatic rings. The molecule has 0 aliphatic carbocycles. The van der Waals surface area contributed by atoms with Gasteiger partial charge < -0.3 is 0 Å². The number of thiocarbonyl (C=S) groups is 1. The van der Waals surface area contributed by atoms with E-state index in [1.807, 2.05) is 0 Å². The van der Waals surface area contributed by atoms with E-state index < -0.39 is 17.6 Å². The third kappa shape index (κ3) is 2.32. The van der Waals surface area contributed by atoms with Crippen LogP contribution in [0.5, 0.6) is 0 Å². The van der Waals surface area contributed by atoms with Crippen LogP contribution in [0.4, 0.5) is 4.39 Å². The number of benzene rings is 1. The van der Waals surface area contributed by atoms with Gasteiger partial charge in [-0.25, -0.2) is 4.39 Å². The molecule has 1 aromatic carbocycles. The third-order valence-electron chi connectivity index (χ3n) is 2.93. The summed E-state index contributed by atoms with van der Waals surface area (Å²) in [6.45, 7) is 0. The lowest BCUT2D eigenvalue weighted by Gasteiger charge is -2.31. The van der Waals surface area contributed by atoms with Gasteiger partial charge in [0.25, 0.3) is 11.8 Å². The minimum Gasteiger partial charge on any atom is -0.288 e. The highest BCUT2D eigenvalue weighted by atomic mass is 35.5. The number of hydrogen-bond donors (Lipinski definition) is 0.